The van der Waals surface area contributed by atoms with E-state index in [0.717, 1.165) is 0 Å². The van der Waals surface area contributed by atoms with Gasteiger partial charge in [0.15, 0.2) is 12.2 Å². The van der Waals surface area contributed by atoms with Crippen LogP contribution in [0, 0.1) is 0 Å². The summed E-state index contributed by atoms with van der Waals surface area (Å²) in [5, 5.41) is 0. The maximum atomic E-state index is 12.7. The molecular weight excluding hydrogens is 404 g/mol. The van der Waals surface area contributed by atoms with Crippen LogP contribution in [-0.2, 0) is 28.5 Å². The lowest BCUT2D eigenvalue weighted by Gasteiger charge is -2.41. The average molecular weight is 426 g/mol. The molecule has 0 aliphatic carbocycles. The van der Waals surface area contributed by atoms with E-state index >= 15 is 0 Å². The SMILES string of the molecule is C=C1O[C@H](OC)[C@H](OC(=O)c2ccccc2)[C@H](OC(=O)c2ccccc2)[C@@H]1OC(C)=O. The van der Waals surface area contributed by atoms with Gasteiger partial charge in [0.05, 0.1) is 11.1 Å². The van der Waals surface area contributed by atoms with Crippen LogP contribution in [0.15, 0.2) is 73.0 Å². The summed E-state index contributed by atoms with van der Waals surface area (Å²) in [4.78, 5) is 37.1. The third kappa shape index (κ3) is 5.29. The number of rotatable bonds is 6. The first kappa shape index (κ1) is 22.0. The fourth-order valence-corrected chi connectivity index (χ4v) is 3.07. The lowest BCUT2D eigenvalue weighted by atomic mass is 10.0. The van der Waals surface area contributed by atoms with Gasteiger partial charge in [-0.25, -0.2) is 9.59 Å². The molecule has 3 rings (SSSR count). The van der Waals surface area contributed by atoms with Gasteiger partial charge >= 0.3 is 17.9 Å². The number of methoxy groups -OCH3 is 1. The van der Waals surface area contributed by atoms with Gasteiger partial charge in [-0.15, -0.1) is 0 Å². The van der Waals surface area contributed by atoms with Crippen molar-refractivity contribution in [3.63, 3.8) is 0 Å². The van der Waals surface area contributed by atoms with E-state index in [1.807, 2.05) is 0 Å². The molecule has 0 spiro atoms. The van der Waals surface area contributed by atoms with Crippen LogP contribution in [-0.4, -0.2) is 49.6 Å². The summed E-state index contributed by atoms with van der Waals surface area (Å²) in [6, 6.07) is 16.5. The predicted molar refractivity (Wildman–Crippen MR) is 108 cm³/mol. The van der Waals surface area contributed by atoms with E-state index in [1.165, 1.54) is 14.0 Å². The smallest absolute Gasteiger partial charge is 0.338 e. The van der Waals surface area contributed by atoms with E-state index in [9.17, 15) is 14.4 Å². The Labute approximate surface area is 179 Å². The molecule has 162 valence electrons. The summed E-state index contributed by atoms with van der Waals surface area (Å²) in [6.07, 6.45) is -4.83. The third-order valence-corrected chi connectivity index (χ3v) is 4.51. The highest BCUT2D eigenvalue weighted by Gasteiger charge is 2.50. The van der Waals surface area contributed by atoms with Crippen molar-refractivity contribution in [3.8, 4) is 0 Å². The number of ether oxygens (including phenoxy) is 5. The Balaban J connectivity index is 1.93. The van der Waals surface area contributed by atoms with Crippen molar-refractivity contribution in [3.05, 3.63) is 84.1 Å². The number of benzene rings is 2. The number of hydrogen-bond acceptors (Lipinski definition) is 8. The molecule has 1 aliphatic heterocycles. The van der Waals surface area contributed by atoms with Gasteiger partial charge in [-0.05, 0) is 24.3 Å². The van der Waals surface area contributed by atoms with Crippen molar-refractivity contribution in [2.45, 2.75) is 31.5 Å². The van der Waals surface area contributed by atoms with Crippen molar-refractivity contribution in [1.29, 1.82) is 0 Å². The first-order valence-electron chi connectivity index (χ1n) is 9.48. The highest BCUT2D eigenvalue weighted by atomic mass is 16.7. The van der Waals surface area contributed by atoms with Gasteiger partial charge in [0.1, 0.15) is 5.76 Å². The molecule has 1 fully saturated rings. The summed E-state index contributed by atoms with van der Waals surface area (Å²) in [6.45, 7) is 4.93. The van der Waals surface area contributed by atoms with Gasteiger partial charge in [0, 0.05) is 14.0 Å². The number of carbonyl (C=O) groups excluding carboxylic acids is 3. The second-order valence-corrected chi connectivity index (χ2v) is 6.69. The zero-order valence-electron chi connectivity index (χ0n) is 17.1. The number of esters is 3. The van der Waals surface area contributed by atoms with Gasteiger partial charge < -0.3 is 23.7 Å². The van der Waals surface area contributed by atoms with Crippen molar-refractivity contribution in [2.24, 2.45) is 0 Å². The minimum absolute atomic E-state index is 0.0000724. The molecule has 1 saturated heterocycles. The summed E-state index contributed by atoms with van der Waals surface area (Å²) in [5.74, 6) is -2.04. The molecule has 0 N–H and O–H groups in total. The van der Waals surface area contributed by atoms with Crippen LogP contribution in [0.1, 0.15) is 27.6 Å². The zero-order chi connectivity index (χ0) is 22.4. The van der Waals surface area contributed by atoms with E-state index < -0.39 is 42.5 Å². The molecule has 8 heteroatoms. The Hall–Kier alpha value is -3.65. The maximum Gasteiger partial charge on any atom is 0.338 e. The maximum absolute atomic E-state index is 12.7. The van der Waals surface area contributed by atoms with Gasteiger partial charge in [0.25, 0.3) is 0 Å². The van der Waals surface area contributed by atoms with Crippen LogP contribution < -0.4 is 0 Å². The monoisotopic (exact) mass is 426 g/mol. The average Bonchev–Trinajstić information content (AvgIpc) is 2.78. The largest absolute Gasteiger partial charge is 0.462 e. The Bertz CT molecular complexity index is 941. The lowest BCUT2D eigenvalue weighted by Crippen LogP contribution is -2.57. The Morgan fingerprint density at radius 1 is 0.806 bits per heavy atom. The molecule has 0 bridgehead atoms. The van der Waals surface area contributed by atoms with E-state index in [0.29, 0.717) is 0 Å². The van der Waals surface area contributed by atoms with E-state index in [-0.39, 0.29) is 16.9 Å². The molecule has 8 nitrogen and oxygen atoms in total. The molecule has 2 aromatic carbocycles. The molecule has 0 saturated carbocycles. The van der Waals surface area contributed by atoms with Gasteiger partial charge in [-0.3, -0.25) is 4.79 Å². The molecule has 0 amide bonds. The third-order valence-electron chi connectivity index (χ3n) is 4.51. The van der Waals surface area contributed by atoms with Crippen molar-refractivity contribution >= 4 is 17.9 Å². The van der Waals surface area contributed by atoms with Crippen LogP contribution in [0.3, 0.4) is 0 Å². The lowest BCUT2D eigenvalue weighted by molar-refractivity contribution is -0.239. The minimum Gasteiger partial charge on any atom is -0.462 e. The Morgan fingerprint density at radius 3 is 1.74 bits per heavy atom. The second-order valence-electron chi connectivity index (χ2n) is 6.69. The summed E-state index contributed by atoms with van der Waals surface area (Å²) in [7, 11) is 1.34. The molecule has 1 heterocycles. The van der Waals surface area contributed by atoms with Crippen LogP contribution in [0.25, 0.3) is 0 Å². The summed E-state index contributed by atoms with van der Waals surface area (Å²) >= 11 is 0. The first-order valence-corrected chi connectivity index (χ1v) is 9.48. The molecule has 0 aromatic heterocycles. The van der Waals surface area contributed by atoms with Crippen LogP contribution in [0.4, 0.5) is 0 Å². The predicted octanol–water partition coefficient (Wildman–Crippen LogP) is 2.89. The second kappa shape index (κ2) is 9.90. The Kier molecular flexibility index (Phi) is 7.04. The van der Waals surface area contributed by atoms with Gasteiger partial charge in [-0.2, -0.15) is 0 Å². The van der Waals surface area contributed by atoms with Crippen molar-refractivity contribution < 1.29 is 38.1 Å². The zero-order valence-corrected chi connectivity index (χ0v) is 17.1. The summed E-state index contributed by atoms with van der Waals surface area (Å²) < 4.78 is 27.3. The highest BCUT2D eigenvalue weighted by molar-refractivity contribution is 5.90. The standard InChI is InChI=1S/C23H22O8/c1-14-18(29-15(2)24)19(30-21(25)16-10-6-4-7-11-16)20(23(27-3)28-14)31-22(26)17-12-8-5-9-13-17/h4-13,18-20,23H,1H2,2-3H3/t18-,19-,20-,23+/m1/s1. The fourth-order valence-electron chi connectivity index (χ4n) is 3.07. The van der Waals surface area contributed by atoms with Crippen LogP contribution in [0.2, 0.25) is 0 Å². The molecule has 31 heavy (non-hydrogen) atoms. The first-order chi connectivity index (χ1) is 14.9. The van der Waals surface area contributed by atoms with Crippen molar-refractivity contribution in [2.75, 3.05) is 7.11 Å². The van der Waals surface area contributed by atoms with E-state index in [4.69, 9.17) is 23.7 Å². The molecule has 2 aromatic rings. The van der Waals surface area contributed by atoms with E-state index in [1.54, 1.807) is 60.7 Å². The highest BCUT2D eigenvalue weighted by Crippen LogP contribution is 2.31. The summed E-state index contributed by atoms with van der Waals surface area (Å²) in [5.41, 5.74) is 0.544. The van der Waals surface area contributed by atoms with Crippen LogP contribution >= 0.6 is 0 Å². The van der Waals surface area contributed by atoms with Crippen LogP contribution in [0.5, 0.6) is 0 Å². The molecular formula is C23H22O8. The van der Waals surface area contributed by atoms with Crippen molar-refractivity contribution in [1.82, 2.24) is 0 Å². The number of hydrogen-bond donors (Lipinski definition) is 0. The molecule has 1 aliphatic rings. The quantitative estimate of drug-likeness (QED) is 0.514. The molecule has 0 radical (unpaired) electrons. The topological polar surface area (TPSA) is 97.4 Å². The normalized spacial score (nSPS) is 22.7. The van der Waals surface area contributed by atoms with Gasteiger partial charge in [-0.1, -0.05) is 43.0 Å². The van der Waals surface area contributed by atoms with Gasteiger partial charge in [0.2, 0.25) is 12.4 Å². The fraction of sp³-hybridized carbons (Fsp3) is 0.261. The van der Waals surface area contributed by atoms with E-state index in [2.05, 4.69) is 6.58 Å². The minimum atomic E-state index is -1.25. The molecule has 4 atom stereocenters. The Morgan fingerprint density at radius 2 is 1.29 bits per heavy atom. The molecule has 0 unspecified atom stereocenters. The number of carbonyl (C=O) groups is 3.